The first-order chi connectivity index (χ1) is 9.81. The first kappa shape index (κ1) is 13.5. The summed E-state index contributed by atoms with van der Waals surface area (Å²) in [5.74, 6) is 1.10. The van der Waals surface area contributed by atoms with Crippen molar-refractivity contribution in [2.24, 2.45) is 0 Å². The summed E-state index contributed by atoms with van der Waals surface area (Å²) in [5, 5.41) is 7.49. The van der Waals surface area contributed by atoms with Crippen LogP contribution in [0.1, 0.15) is 5.56 Å². The minimum absolute atomic E-state index is 0.203. The molecule has 20 heavy (non-hydrogen) atoms. The van der Waals surface area contributed by atoms with Crippen LogP contribution in [0.15, 0.2) is 16.8 Å². The fourth-order valence-electron chi connectivity index (χ4n) is 1.90. The fraction of sp³-hybridized carbons (Fsp3) is 0.417. The van der Waals surface area contributed by atoms with Crippen molar-refractivity contribution in [2.45, 2.75) is 6.54 Å². The lowest BCUT2D eigenvalue weighted by Gasteiger charge is -2.26. The molecule has 0 aromatic carbocycles. The van der Waals surface area contributed by atoms with Crippen LogP contribution in [0.5, 0.6) is 0 Å². The Kier molecular flexibility index (Phi) is 4.29. The van der Waals surface area contributed by atoms with Gasteiger partial charge < -0.3 is 15.0 Å². The second-order valence-corrected chi connectivity index (χ2v) is 5.43. The molecule has 2 aromatic heterocycles. The Balaban J connectivity index is 1.72. The van der Waals surface area contributed by atoms with Crippen molar-refractivity contribution in [1.29, 1.82) is 0 Å². The second kappa shape index (κ2) is 6.34. The van der Waals surface area contributed by atoms with Crippen LogP contribution in [0.25, 0.3) is 0 Å². The molecule has 8 heteroatoms. The van der Waals surface area contributed by atoms with Gasteiger partial charge in [-0.1, -0.05) is 0 Å². The Bertz CT molecular complexity index is 559. The molecule has 1 N–H and O–H groups in total. The summed E-state index contributed by atoms with van der Waals surface area (Å²) in [6.45, 7) is 3.57. The van der Waals surface area contributed by atoms with Crippen molar-refractivity contribution in [3.05, 3.63) is 27.7 Å². The average Bonchev–Trinajstić information content (AvgIpc) is 2.99. The third-order valence-corrected chi connectivity index (χ3v) is 3.82. The minimum Gasteiger partial charge on any atom is -0.378 e. The molecule has 1 aliphatic heterocycles. The lowest BCUT2D eigenvalue weighted by Crippen LogP contribution is -2.37. The van der Waals surface area contributed by atoms with Gasteiger partial charge in [-0.05, 0) is 34.0 Å². The van der Waals surface area contributed by atoms with Gasteiger partial charge in [0.2, 0.25) is 17.2 Å². The van der Waals surface area contributed by atoms with Gasteiger partial charge >= 0.3 is 0 Å². The van der Waals surface area contributed by atoms with E-state index in [9.17, 15) is 0 Å². The molecule has 0 saturated carbocycles. The quantitative estimate of drug-likeness (QED) is 0.932. The topological polar surface area (TPSA) is 63.2 Å². The number of thiophene rings is 1. The van der Waals surface area contributed by atoms with E-state index in [2.05, 4.69) is 31.7 Å². The number of hydrogen-bond acceptors (Lipinski definition) is 7. The molecule has 0 spiro atoms. The minimum atomic E-state index is 0.203. The lowest BCUT2D eigenvalue weighted by atomic mass is 10.3. The van der Waals surface area contributed by atoms with Crippen molar-refractivity contribution in [3.63, 3.8) is 0 Å². The first-order valence-electron chi connectivity index (χ1n) is 6.30. The fourth-order valence-corrected chi connectivity index (χ4v) is 2.72. The van der Waals surface area contributed by atoms with Crippen LogP contribution in [0.2, 0.25) is 5.28 Å². The van der Waals surface area contributed by atoms with Crippen LogP contribution >= 0.6 is 22.9 Å². The molecule has 1 saturated heterocycles. The third-order valence-electron chi connectivity index (χ3n) is 2.92. The molecule has 3 rings (SSSR count). The SMILES string of the molecule is Clc1nc(NCc2ccsc2)nc(N2CCOCC2)n1. The molecule has 0 amide bonds. The van der Waals surface area contributed by atoms with E-state index >= 15 is 0 Å². The van der Waals surface area contributed by atoms with E-state index < -0.39 is 0 Å². The van der Waals surface area contributed by atoms with Crippen LogP contribution < -0.4 is 10.2 Å². The van der Waals surface area contributed by atoms with Gasteiger partial charge in [-0.25, -0.2) is 0 Å². The highest BCUT2D eigenvalue weighted by Gasteiger charge is 2.15. The zero-order valence-corrected chi connectivity index (χ0v) is 12.3. The van der Waals surface area contributed by atoms with Gasteiger partial charge in [0.15, 0.2) is 0 Å². The molecule has 1 fully saturated rings. The van der Waals surface area contributed by atoms with Gasteiger partial charge in [-0.15, -0.1) is 0 Å². The molecule has 0 atom stereocenters. The van der Waals surface area contributed by atoms with Crippen LogP contribution in [0.4, 0.5) is 11.9 Å². The summed E-state index contributed by atoms with van der Waals surface area (Å²) in [5.41, 5.74) is 1.19. The number of hydrogen-bond donors (Lipinski definition) is 1. The predicted octanol–water partition coefficient (Wildman–Crippen LogP) is 2.04. The molecule has 1 aliphatic rings. The van der Waals surface area contributed by atoms with Crippen LogP contribution in [-0.2, 0) is 11.3 Å². The normalized spacial score (nSPS) is 15.3. The van der Waals surface area contributed by atoms with Gasteiger partial charge in [0.1, 0.15) is 0 Å². The largest absolute Gasteiger partial charge is 0.378 e. The van der Waals surface area contributed by atoms with E-state index in [1.54, 1.807) is 11.3 Å². The maximum atomic E-state index is 5.97. The van der Waals surface area contributed by atoms with Gasteiger partial charge in [-0.3, -0.25) is 0 Å². The molecule has 2 aromatic rings. The van der Waals surface area contributed by atoms with Gasteiger partial charge in [0.05, 0.1) is 13.2 Å². The maximum Gasteiger partial charge on any atom is 0.231 e. The first-order valence-corrected chi connectivity index (χ1v) is 7.62. The molecule has 0 radical (unpaired) electrons. The van der Waals surface area contributed by atoms with Crippen LogP contribution in [0.3, 0.4) is 0 Å². The van der Waals surface area contributed by atoms with Crippen LogP contribution in [-0.4, -0.2) is 41.3 Å². The van der Waals surface area contributed by atoms with Crippen molar-refractivity contribution in [3.8, 4) is 0 Å². The van der Waals surface area contributed by atoms with Crippen LogP contribution in [0, 0.1) is 0 Å². The van der Waals surface area contributed by atoms with Crippen molar-refractivity contribution in [1.82, 2.24) is 15.0 Å². The summed E-state index contributed by atoms with van der Waals surface area (Å²) in [7, 11) is 0. The molecule has 6 nitrogen and oxygen atoms in total. The van der Waals surface area contributed by atoms with Gasteiger partial charge in [-0.2, -0.15) is 26.3 Å². The van der Waals surface area contributed by atoms with Crippen molar-refractivity contribution in [2.75, 3.05) is 36.5 Å². The Morgan fingerprint density at radius 2 is 2.15 bits per heavy atom. The van der Waals surface area contributed by atoms with E-state index in [1.165, 1.54) is 5.56 Å². The number of morpholine rings is 1. The number of aromatic nitrogens is 3. The number of halogens is 1. The third kappa shape index (κ3) is 3.36. The van der Waals surface area contributed by atoms with E-state index in [0.717, 1.165) is 13.1 Å². The number of ether oxygens (including phenoxy) is 1. The number of nitrogens with zero attached hydrogens (tertiary/aromatic N) is 4. The Hall–Kier alpha value is -1.44. The lowest BCUT2D eigenvalue weighted by molar-refractivity contribution is 0.122. The standard InChI is InChI=1S/C12H14ClN5OS/c13-10-15-11(14-7-9-1-6-20-8-9)17-12(16-10)18-2-4-19-5-3-18/h1,6,8H,2-5,7H2,(H,14,15,16,17). The summed E-state index contributed by atoms with van der Waals surface area (Å²) < 4.78 is 5.32. The summed E-state index contributed by atoms with van der Waals surface area (Å²) in [6, 6.07) is 2.06. The molecule has 0 bridgehead atoms. The Labute approximate surface area is 125 Å². The molecule has 0 aliphatic carbocycles. The molecule has 3 heterocycles. The highest BCUT2D eigenvalue weighted by molar-refractivity contribution is 7.07. The van der Waals surface area contributed by atoms with Gasteiger partial charge in [0, 0.05) is 19.6 Å². The summed E-state index contributed by atoms with van der Waals surface area (Å²) in [6.07, 6.45) is 0. The molecule has 0 unspecified atom stereocenters. The van der Waals surface area contributed by atoms with E-state index in [4.69, 9.17) is 16.3 Å². The Morgan fingerprint density at radius 3 is 2.90 bits per heavy atom. The average molecular weight is 312 g/mol. The molecular weight excluding hydrogens is 298 g/mol. The zero-order chi connectivity index (χ0) is 13.8. The van der Waals surface area contributed by atoms with Gasteiger partial charge in [0.25, 0.3) is 0 Å². The van der Waals surface area contributed by atoms with Crippen molar-refractivity contribution >= 4 is 34.8 Å². The highest BCUT2D eigenvalue weighted by atomic mass is 35.5. The highest BCUT2D eigenvalue weighted by Crippen LogP contribution is 2.16. The predicted molar refractivity (Wildman–Crippen MR) is 79.5 cm³/mol. The summed E-state index contributed by atoms with van der Waals surface area (Å²) in [4.78, 5) is 14.7. The van der Waals surface area contributed by atoms with Crippen molar-refractivity contribution < 1.29 is 4.74 Å². The summed E-state index contributed by atoms with van der Waals surface area (Å²) >= 11 is 7.63. The zero-order valence-electron chi connectivity index (χ0n) is 10.8. The number of nitrogens with one attached hydrogen (secondary N) is 1. The monoisotopic (exact) mass is 311 g/mol. The van der Waals surface area contributed by atoms with E-state index in [1.807, 2.05) is 10.3 Å². The maximum absolute atomic E-state index is 5.97. The second-order valence-electron chi connectivity index (χ2n) is 4.31. The van der Waals surface area contributed by atoms with E-state index in [0.29, 0.717) is 31.7 Å². The smallest absolute Gasteiger partial charge is 0.231 e. The molecule has 106 valence electrons. The number of rotatable bonds is 4. The van der Waals surface area contributed by atoms with E-state index in [-0.39, 0.29) is 5.28 Å². The molecular formula is C12H14ClN5OS. The number of anilines is 2. The Morgan fingerprint density at radius 1 is 1.30 bits per heavy atom.